The Balaban J connectivity index is 1.40. The zero-order chi connectivity index (χ0) is 21.6. The number of amides is 2. The highest BCUT2D eigenvalue weighted by atomic mass is 32.2. The van der Waals surface area contributed by atoms with E-state index in [1.54, 1.807) is 35.2 Å². The van der Waals surface area contributed by atoms with E-state index in [1.165, 1.54) is 6.42 Å². The molecule has 1 aliphatic rings. The zero-order valence-electron chi connectivity index (χ0n) is 17.5. The first-order chi connectivity index (χ1) is 15.1. The van der Waals surface area contributed by atoms with Gasteiger partial charge in [-0.3, -0.25) is 9.59 Å². The number of nitrogens with one attached hydrogen (secondary N) is 1. The van der Waals surface area contributed by atoms with E-state index < -0.39 is 0 Å². The van der Waals surface area contributed by atoms with Gasteiger partial charge in [-0.05, 0) is 56.0 Å². The minimum Gasteiger partial charge on any atom is -0.339 e. The van der Waals surface area contributed by atoms with Crippen molar-refractivity contribution >= 4 is 40.6 Å². The molecule has 0 atom stereocenters. The van der Waals surface area contributed by atoms with Crippen LogP contribution in [-0.2, 0) is 5.75 Å². The Labute approximate surface area is 190 Å². The maximum absolute atomic E-state index is 12.9. The molecule has 0 radical (unpaired) electrons. The van der Waals surface area contributed by atoms with E-state index in [0.717, 1.165) is 47.3 Å². The van der Waals surface area contributed by atoms with Gasteiger partial charge in [-0.15, -0.1) is 11.3 Å². The summed E-state index contributed by atoms with van der Waals surface area (Å²) < 4.78 is 1.05. The van der Waals surface area contributed by atoms with E-state index in [0.29, 0.717) is 16.8 Å². The first-order valence-electron chi connectivity index (χ1n) is 10.4. The van der Waals surface area contributed by atoms with Gasteiger partial charge in [0, 0.05) is 35.5 Å². The fourth-order valence-corrected chi connectivity index (χ4v) is 5.34. The molecule has 1 fully saturated rings. The van der Waals surface area contributed by atoms with Crippen LogP contribution in [0.3, 0.4) is 0 Å². The summed E-state index contributed by atoms with van der Waals surface area (Å²) in [5, 5.41) is 4.97. The van der Waals surface area contributed by atoms with Crippen LogP contribution in [0.2, 0.25) is 0 Å². The van der Waals surface area contributed by atoms with Gasteiger partial charge in [-0.1, -0.05) is 36.0 Å². The number of rotatable bonds is 6. The number of thioether (sulfide) groups is 1. The molecule has 2 aromatic carbocycles. The largest absolute Gasteiger partial charge is 0.339 e. The molecule has 0 saturated carbocycles. The SMILES string of the molecule is Cc1csc(SCc2ccc(C(=O)Nc3ccccc3C(=O)N3CCCCC3)cc2)n1. The molecule has 3 aromatic rings. The maximum atomic E-state index is 12.9. The second-order valence-electron chi connectivity index (χ2n) is 7.59. The van der Waals surface area contributed by atoms with E-state index in [2.05, 4.69) is 10.3 Å². The summed E-state index contributed by atoms with van der Waals surface area (Å²) in [6, 6.07) is 14.8. The topological polar surface area (TPSA) is 62.3 Å². The summed E-state index contributed by atoms with van der Waals surface area (Å²) in [4.78, 5) is 32.1. The Kier molecular flexibility index (Phi) is 7.04. The summed E-state index contributed by atoms with van der Waals surface area (Å²) in [5.74, 6) is 0.580. The molecule has 4 rings (SSSR count). The molecule has 0 aliphatic carbocycles. The summed E-state index contributed by atoms with van der Waals surface area (Å²) >= 11 is 3.34. The highest BCUT2D eigenvalue weighted by Gasteiger charge is 2.21. The number of para-hydroxylation sites is 1. The zero-order valence-corrected chi connectivity index (χ0v) is 19.1. The van der Waals surface area contributed by atoms with Crippen molar-refractivity contribution in [3.05, 3.63) is 76.3 Å². The predicted molar refractivity (Wildman–Crippen MR) is 127 cm³/mol. The van der Waals surface area contributed by atoms with Crippen molar-refractivity contribution < 1.29 is 9.59 Å². The van der Waals surface area contributed by atoms with Crippen LogP contribution in [0.4, 0.5) is 5.69 Å². The van der Waals surface area contributed by atoms with E-state index in [9.17, 15) is 9.59 Å². The molecule has 0 spiro atoms. The first-order valence-corrected chi connectivity index (χ1v) is 12.3. The van der Waals surface area contributed by atoms with Crippen LogP contribution in [0.1, 0.15) is 51.2 Å². The Hall–Kier alpha value is -2.64. The highest BCUT2D eigenvalue weighted by Crippen LogP contribution is 2.26. The highest BCUT2D eigenvalue weighted by molar-refractivity contribution is 8.00. The van der Waals surface area contributed by atoms with Crippen LogP contribution in [-0.4, -0.2) is 34.8 Å². The van der Waals surface area contributed by atoms with Gasteiger partial charge >= 0.3 is 0 Å². The molecule has 1 aliphatic heterocycles. The molecule has 0 unspecified atom stereocenters. The summed E-state index contributed by atoms with van der Waals surface area (Å²) in [7, 11) is 0. The predicted octanol–water partition coefficient (Wildman–Crippen LogP) is 5.62. The third-order valence-electron chi connectivity index (χ3n) is 5.23. The minimum absolute atomic E-state index is 0.0135. The summed E-state index contributed by atoms with van der Waals surface area (Å²) in [6.45, 7) is 3.55. The van der Waals surface area contributed by atoms with Gasteiger partial charge in [0.25, 0.3) is 11.8 Å². The van der Waals surface area contributed by atoms with Gasteiger partial charge in [-0.25, -0.2) is 4.98 Å². The number of hydrogen-bond acceptors (Lipinski definition) is 5. The average Bonchev–Trinajstić information content (AvgIpc) is 3.23. The summed E-state index contributed by atoms with van der Waals surface area (Å²) in [6.07, 6.45) is 3.24. The van der Waals surface area contributed by atoms with Gasteiger partial charge in [0.05, 0.1) is 11.3 Å². The van der Waals surface area contributed by atoms with Gasteiger partial charge in [-0.2, -0.15) is 0 Å². The van der Waals surface area contributed by atoms with E-state index >= 15 is 0 Å². The average molecular weight is 452 g/mol. The van der Waals surface area contributed by atoms with Crippen LogP contribution in [0.5, 0.6) is 0 Å². The first kappa shape index (κ1) is 21.6. The van der Waals surface area contributed by atoms with Crippen molar-refractivity contribution in [2.24, 2.45) is 0 Å². The van der Waals surface area contributed by atoms with Crippen LogP contribution in [0, 0.1) is 6.92 Å². The Bertz CT molecular complexity index is 1060. The number of carbonyl (C=O) groups excluding carboxylic acids is 2. The van der Waals surface area contributed by atoms with Crippen LogP contribution in [0.25, 0.3) is 0 Å². The quantitative estimate of drug-likeness (QED) is 0.494. The lowest BCUT2D eigenvalue weighted by Crippen LogP contribution is -2.36. The Morgan fingerprint density at radius 1 is 1.06 bits per heavy atom. The number of benzene rings is 2. The smallest absolute Gasteiger partial charge is 0.255 e. The Morgan fingerprint density at radius 3 is 2.52 bits per heavy atom. The molecule has 1 aromatic heterocycles. The second-order valence-corrected chi connectivity index (χ2v) is 9.67. The third-order valence-corrected chi connectivity index (χ3v) is 7.44. The number of thiazole rings is 1. The molecule has 2 amide bonds. The lowest BCUT2D eigenvalue weighted by atomic mass is 10.1. The molecule has 160 valence electrons. The van der Waals surface area contributed by atoms with Crippen LogP contribution < -0.4 is 5.32 Å². The standard InChI is InChI=1S/C24H25N3O2S2/c1-17-15-30-24(25-17)31-16-18-9-11-19(12-10-18)22(28)26-21-8-4-3-7-20(21)23(29)27-13-5-2-6-14-27/h3-4,7-12,15H,2,5-6,13-14,16H2,1H3,(H,26,28). The van der Waals surface area contributed by atoms with Gasteiger partial charge in [0.15, 0.2) is 0 Å². The molecule has 5 nitrogen and oxygen atoms in total. The van der Waals surface area contributed by atoms with Crippen molar-refractivity contribution in [3.8, 4) is 0 Å². The van der Waals surface area contributed by atoms with Crippen molar-refractivity contribution in [1.82, 2.24) is 9.88 Å². The van der Waals surface area contributed by atoms with Crippen molar-refractivity contribution in [2.75, 3.05) is 18.4 Å². The molecule has 1 saturated heterocycles. The van der Waals surface area contributed by atoms with Crippen LogP contribution >= 0.6 is 23.1 Å². The normalized spacial score (nSPS) is 13.8. The van der Waals surface area contributed by atoms with E-state index in [1.807, 2.05) is 53.6 Å². The van der Waals surface area contributed by atoms with Crippen LogP contribution in [0.15, 0.2) is 58.3 Å². The number of likely N-dealkylation sites (tertiary alicyclic amines) is 1. The van der Waals surface area contributed by atoms with Gasteiger partial charge in [0.2, 0.25) is 0 Å². The molecular formula is C24H25N3O2S2. The molecule has 31 heavy (non-hydrogen) atoms. The van der Waals surface area contributed by atoms with E-state index in [-0.39, 0.29) is 11.8 Å². The molecule has 2 heterocycles. The number of carbonyl (C=O) groups is 2. The summed E-state index contributed by atoms with van der Waals surface area (Å²) in [5.41, 5.74) is 3.85. The number of hydrogen-bond donors (Lipinski definition) is 1. The second kappa shape index (κ2) is 10.1. The van der Waals surface area contributed by atoms with Crippen molar-refractivity contribution in [1.29, 1.82) is 0 Å². The number of aryl methyl sites for hydroxylation is 1. The molecule has 0 bridgehead atoms. The van der Waals surface area contributed by atoms with Crippen molar-refractivity contribution in [3.63, 3.8) is 0 Å². The lowest BCUT2D eigenvalue weighted by molar-refractivity contribution is 0.0725. The fourth-order valence-electron chi connectivity index (χ4n) is 3.54. The maximum Gasteiger partial charge on any atom is 0.255 e. The van der Waals surface area contributed by atoms with Crippen molar-refractivity contribution in [2.45, 2.75) is 36.3 Å². The van der Waals surface area contributed by atoms with E-state index in [4.69, 9.17) is 0 Å². The molecule has 1 N–H and O–H groups in total. The number of nitrogens with zero attached hydrogens (tertiary/aromatic N) is 2. The third kappa shape index (κ3) is 5.54. The number of piperidine rings is 1. The Morgan fingerprint density at radius 2 is 1.81 bits per heavy atom. The number of anilines is 1. The number of aromatic nitrogens is 1. The van der Waals surface area contributed by atoms with Gasteiger partial charge < -0.3 is 10.2 Å². The van der Waals surface area contributed by atoms with Gasteiger partial charge in [0.1, 0.15) is 4.34 Å². The molecule has 7 heteroatoms. The minimum atomic E-state index is -0.214. The molecular weight excluding hydrogens is 426 g/mol. The lowest BCUT2D eigenvalue weighted by Gasteiger charge is -2.27. The monoisotopic (exact) mass is 451 g/mol. The fraction of sp³-hybridized carbons (Fsp3) is 0.292.